The van der Waals surface area contributed by atoms with Gasteiger partial charge in [-0.15, -0.1) is 0 Å². The fraction of sp³-hybridized carbons (Fsp3) is 0.364. The van der Waals surface area contributed by atoms with Crippen LogP contribution in [0, 0.1) is 6.92 Å². The minimum atomic E-state index is -3.91. The molecule has 0 radical (unpaired) electrons. The number of ether oxygens (including phenoxy) is 1. The monoisotopic (exact) mass is 671 g/mol. The molecule has 1 fully saturated rings. The summed E-state index contributed by atoms with van der Waals surface area (Å²) in [7, 11) is -4.30. The molecule has 0 amide bonds. The fourth-order valence-corrected chi connectivity index (χ4v) is 6.80. The second kappa shape index (κ2) is 14.8. The van der Waals surface area contributed by atoms with Crippen LogP contribution < -0.4 is 15.1 Å². The Labute approximate surface area is 270 Å². The molecule has 11 nitrogen and oxygen atoms in total. The van der Waals surface area contributed by atoms with Crippen LogP contribution in [0.5, 0.6) is 5.75 Å². The normalized spacial score (nSPS) is 15.0. The molecule has 3 aromatic carbocycles. The molecule has 0 bridgehead atoms. The topological polar surface area (TPSA) is 138 Å². The number of piperazine rings is 1. The number of hydrogen-bond acceptors (Lipinski definition) is 9. The molecule has 1 N–H and O–H groups in total. The average Bonchev–Trinajstić information content (AvgIpc) is 3.04. The van der Waals surface area contributed by atoms with Gasteiger partial charge in [0.05, 0.1) is 24.4 Å². The van der Waals surface area contributed by atoms with Crippen LogP contribution in [0.4, 0.5) is 5.69 Å². The predicted octanol–water partition coefficient (Wildman–Crippen LogP) is 4.50. The summed E-state index contributed by atoms with van der Waals surface area (Å²) >= 11 is 0. The first-order valence-electron chi connectivity index (χ1n) is 14.8. The third kappa shape index (κ3) is 8.34. The van der Waals surface area contributed by atoms with E-state index in [1.165, 1.54) is 10.4 Å². The Morgan fingerprint density at radius 2 is 1.54 bits per heavy atom. The van der Waals surface area contributed by atoms with Crippen molar-refractivity contribution in [1.29, 1.82) is 0 Å². The molecule has 5 rings (SSSR count). The smallest absolute Gasteiger partial charge is 0.261 e. The van der Waals surface area contributed by atoms with Crippen LogP contribution in [0.25, 0.3) is 22.3 Å². The largest absolute Gasteiger partial charge is 0.495 e. The number of fused-ring (bicyclic) bond motifs is 1. The van der Waals surface area contributed by atoms with Gasteiger partial charge >= 0.3 is 0 Å². The maximum Gasteiger partial charge on any atom is 0.261 e. The highest BCUT2D eigenvalue weighted by Gasteiger charge is 2.28. The van der Waals surface area contributed by atoms with Gasteiger partial charge in [0.2, 0.25) is 10.0 Å². The van der Waals surface area contributed by atoms with Crippen LogP contribution in [0.2, 0.25) is 0 Å². The summed E-state index contributed by atoms with van der Waals surface area (Å²) in [4.78, 5) is 18.0. The lowest BCUT2D eigenvalue weighted by atomic mass is 10.1. The third-order valence-corrected chi connectivity index (χ3v) is 9.94. The first-order chi connectivity index (χ1) is 21.7. The highest BCUT2D eigenvalue weighted by molar-refractivity contribution is 7.89. The molecular formula is C33H41N3O8S2. The molecule has 1 atom stereocenters. The Bertz CT molecular complexity index is 1910. The SMILES string of the molecule is COc1ccccc1N1CCN(C(C)CCN(C)S(=O)(=O)c2cccc3c(=O)c(C)c(-c4ccccc4)oc23)CC1.CS(=O)(=O)O. The van der Waals surface area contributed by atoms with E-state index in [0.717, 1.165) is 43.2 Å². The lowest BCUT2D eigenvalue weighted by molar-refractivity contribution is 0.183. The third-order valence-electron chi connectivity index (χ3n) is 8.06. The lowest BCUT2D eigenvalue weighted by Gasteiger charge is -2.39. The molecule has 1 aliphatic heterocycles. The van der Waals surface area contributed by atoms with E-state index < -0.39 is 20.1 Å². The summed E-state index contributed by atoms with van der Waals surface area (Å²) in [5.41, 5.74) is 2.14. The highest BCUT2D eigenvalue weighted by Crippen LogP contribution is 2.31. The first kappa shape index (κ1) is 35.1. The average molecular weight is 672 g/mol. The molecule has 1 saturated heterocycles. The summed E-state index contributed by atoms with van der Waals surface area (Å²) in [6.07, 6.45) is 1.39. The van der Waals surface area contributed by atoms with Crippen LogP contribution >= 0.6 is 0 Å². The zero-order valence-corrected chi connectivity index (χ0v) is 28.3. The van der Waals surface area contributed by atoms with Crippen molar-refractivity contribution in [2.45, 2.75) is 31.2 Å². The van der Waals surface area contributed by atoms with E-state index in [2.05, 4.69) is 22.8 Å². The van der Waals surface area contributed by atoms with E-state index in [9.17, 15) is 21.6 Å². The molecule has 1 aliphatic rings. The Kier molecular flexibility index (Phi) is 11.3. The van der Waals surface area contributed by atoms with Crippen molar-refractivity contribution < 1.29 is 30.5 Å². The molecule has 0 aliphatic carbocycles. The van der Waals surface area contributed by atoms with Gasteiger partial charge in [-0.2, -0.15) is 8.42 Å². The predicted molar refractivity (Wildman–Crippen MR) is 181 cm³/mol. The van der Waals surface area contributed by atoms with Crippen molar-refractivity contribution in [3.63, 3.8) is 0 Å². The summed E-state index contributed by atoms with van der Waals surface area (Å²) in [6.45, 7) is 7.70. The van der Waals surface area contributed by atoms with Gasteiger partial charge < -0.3 is 14.1 Å². The Balaban J connectivity index is 0.000000892. The van der Waals surface area contributed by atoms with E-state index in [1.807, 2.05) is 48.5 Å². The standard InChI is InChI=1S/C32H37N3O5S.CH4O3S/c1-23(34-19-21-35(22-20-34)27-14-8-9-15-28(27)39-4)17-18-33(3)41(37,38)29-16-10-13-26-30(36)24(2)31(40-32(26)29)25-11-6-5-7-12-25;1-5(2,3)4/h5-16,23H,17-22H2,1-4H3;1H3,(H,2,3,4). The van der Waals surface area contributed by atoms with Crippen molar-refractivity contribution in [3.05, 3.63) is 88.6 Å². The molecule has 0 spiro atoms. The van der Waals surface area contributed by atoms with E-state index in [4.69, 9.17) is 13.7 Å². The lowest BCUT2D eigenvalue weighted by Crippen LogP contribution is -2.50. The van der Waals surface area contributed by atoms with Crippen LogP contribution in [-0.4, -0.2) is 89.8 Å². The Morgan fingerprint density at radius 3 is 2.17 bits per heavy atom. The van der Waals surface area contributed by atoms with Crippen LogP contribution in [0.1, 0.15) is 18.9 Å². The van der Waals surface area contributed by atoms with Gasteiger partial charge in [0.25, 0.3) is 10.1 Å². The highest BCUT2D eigenvalue weighted by atomic mass is 32.2. The molecule has 0 saturated carbocycles. The number of anilines is 1. The summed E-state index contributed by atoms with van der Waals surface area (Å²) in [5.74, 6) is 1.26. The van der Waals surface area contributed by atoms with Gasteiger partial charge in [-0.05, 0) is 44.5 Å². The van der Waals surface area contributed by atoms with Gasteiger partial charge in [-0.25, -0.2) is 12.7 Å². The van der Waals surface area contributed by atoms with Crippen LogP contribution in [-0.2, 0) is 20.1 Å². The fourth-order valence-electron chi connectivity index (χ4n) is 5.49. The van der Waals surface area contributed by atoms with E-state index in [1.54, 1.807) is 33.2 Å². The maximum absolute atomic E-state index is 13.8. The molecular weight excluding hydrogens is 631 g/mol. The first-order valence-corrected chi connectivity index (χ1v) is 18.1. The second-order valence-corrected chi connectivity index (χ2v) is 14.8. The molecule has 4 aromatic rings. The molecule has 1 unspecified atom stereocenters. The maximum atomic E-state index is 13.8. The van der Waals surface area contributed by atoms with Crippen molar-refractivity contribution >= 4 is 36.8 Å². The summed E-state index contributed by atoms with van der Waals surface area (Å²) in [5, 5.41) is 0.262. The number of sulfonamides is 1. The molecule has 46 heavy (non-hydrogen) atoms. The van der Waals surface area contributed by atoms with Gasteiger partial charge in [0.15, 0.2) is 11.0 Å². The van der Waals surface area contributed by atoms with Crippen molar-refractivity contribution in [1.82, 2.24) is 9.21 Å². The van der Waals surface area contributed by atoms with Crippen molar-refractivity contribution in [3.8, 4) is 17.1 Å². The van der Waals surface area contributed by atoms with Gasteiger partial charge in [0, 0.05) is 56.9 Å². The molecule has 2 heterocycles. The molecule has 248 valence electrons. The van der Waals surface area contributed by atoms with Gasteiger partial charge in [0.1, 0.15) is 16.4 Å². The van der Waals surface area contributed by atoms with Crippen LogP contribution in [0.15, 0.2) is 86.9 Å². The number of benzene rings is 3. The molecule has 13 heteroatoms. The van der Waals surface area contributed by atoms with Gasteiger partial charge in [-0.3, -0.25) is 14.2 Å². The van der Waals surface area contributed by atoms with Crippen molar-refractivity contribution in [2.75, 3.05) is 58.0 Å². The quantitative estimate of drug-likeness (QED) is 0.253. The van der Waals surface area contributed by atoms with E-state index in [0.29, 0.717) is 30.5 Å². The Hall–Kier alpha value is -3.75. The molecule has 1 aromatic heterocycles. The number of hydrogen-bond donors (Lipinski definition) is 1. The second-order valence-electron chi connectivity index (χ2n) is 11.3. The van der Waals surface area contributed by atoms with E-state index >= 15 is 0 Å². The minimum Gasteiger partial charge on any atom is -0.495 e. The number of nitrogens with zero attached hydrogens (tertiary/aromatic N) is 3. The zero-order chi connectivity index (χ0) is 33.6. The number of rotatable bonds is 9. The summed E-state index contributed by atoms with van der Waals surface area (Å²) < 4.78 is 66.5. The van der Waals surface area contributed by atoms with E-state index in [-0.39, 0.29) is 27.3 Å². The number of methoxy groups -OCH3 is 1. The summed E-state index contributed by atoms with van der Waals surface area (Å²) in [6, 6.07) is 22.3. The Morgan fingerprint density at radius 1 is 0.935 bits per heavy atom. The minimum absolute atomic E-state index is 0.00450. The van der Waals surface area contributed by atoms with Crippen molar-refractivity contribution in [2.24, 2.45) is 0 Å². The zero-order valence-electron chi connectivity index (χ0n) is 26.7. The van der Waals surface area contributed by atoms with Crippen LogP contribution in [0.3, 0.4) is 0 Å². The van der Waals surface area contributed by atoms with Gasteiger partial charge in [-0.1, -0.05) is 48.5 Å². The number of para-hydroxylation sites is 3.